The van der Waals surface area contributed by atoms with Crippen molar-refractivity contribution in [2.45, 2.75) is 32.4 Å². The Morgan fingerprint density at radius 1 is 1.00 bits per heavy atom. The van der Waals surface area contributed by atoms with Crippen molar-refractivity contribution in [2.24, 2.45) is 0 Å². The summed E-state index contributed by atoms with van der Waals surface area (Å²) in [5, 5.41) is 0. The van der Waals surface area contributed by atoms with Gasteiger partial charge in [-0.25, -0.2) is 4.79 Å². The average molecular weight is 352 g/mol. The Morgan fingerprint density at radius 3 is 2.24 bits per heavy atom. The van der Waals surface area contributed by atoms with Crippen LogP contribution in [-0.4, -0.2) is 13.1 Å². The van der Waals surface area contributed by atoms with Gasteiger partial charge in [-0.3, -0.25) is 0 Å². The molecule has 6 heteroatoms. The summed E-state index contributed by atoms with van der Waals surface area (Å²) in [6, 6.07) is 9.10. The number of benzene rings is 2. The molecule has 0 radical (unpaired) electrons. The summed E-state index contributed by atoms with van der Waals surface area (Å²) in [7, 11) is 1.52. The second-order valence-electron chi connectivity index (χ2n) is 6.58. The zero-order chi connectivity index (χ0) is 18.8. The molecule has 2 rings (SSSR count). The van der Waals surface area contributed by atoms with Crippen molar-refractivity contribution >= 4 is 5.97 Å². The topological polar surface area (TPSA) is 35.5 Å². The summed E-state index contributed by atoms with van der Waals surface area (Å²) in [4.78, 5) is 12.3. The van der Waals surface area contributed by atoms with Gasteiger partial charge in [0.25, 0.3) is 0 Å². The molecule has 0 aliphatic rings. The molecule has 0 spiro atoms. The van der Waals surface area contributed by atoms with Gasteiger partial charge in [0.2, 0.25) is 0 Å². The summed E-state index contributed by atoms with van der Waals surface area (Å²) < 4.78 is 48.9. The first-order valence-corrected chi connectivity index (χ1v) is 7.60. The van der Waals surface area contributed by atoms with Gasteiger partial charge in [0.1, 0.15) is 11.5 Å². The maximum Gasteiger partial charge on any atom is 0.416 e. The van der Waals surface area contributed by atoms with Gasteiger partial charge in [-0.15, -0.1) is 0 Å². The van der Waals surface area contributed by atoms with Gasteiger partial charge in [-0.05, 0) is 41.8 Å². The molecule has 0 saturated carbocycles. The number of hydrogen-bond acceptors (Lipinski definition) is 3. The van der Waals surface area contributed by atoms with Crippen LogP contribution in [0.3, 0.4) is 0 Å². The number of ether oxygens (including phenoxy) is 2. The Labute approximate surface area is 144 Å². The van der Waals surface area contributed by atoms with E-state index in [2.05, 4.69) is 0 Å². The number of methoxy groups -OCH3 is 1. The minimum Gasteiger partial charge on any atom is -0.497 e. The van der Waals surface area contributed by atoms with E-state index in [-0.39, 0.29) is 16.7 Å². The third kappa shape index (κ3) is 4.53. The molecule has 0 atom stereocenters. The number of hydrogen-bond donors (Lipinski definition) is 0. The second kappa shape index (κ2) is 6.78. The first-order valence-electron chi connectivity index (χ1n) is 7.60. The molecule has 0 fully saturated rings. The molecule has 25 heavy (non-hydrogen) atoms. The molecule has 3 nitrogen and oxygen atoms in total. The van der Waals surface area contributed by atoms with Crippen molar-refractivity contribution in [3.63, 3.8) is 0 Å². The smallest absolute Gasteiger partial charge is 0.416 e. The van der Waals surface area contributed by atoms with Gasteiger partial charge in [-0.2, -0.15) is 13.2 Å². The first kappa shape index (κ1) is 18.8. The molecule has 0 heterocycles. The summed E-state index contributed by atoms with van der Waals surface area (Å²) >= 11 is 0. The third-order valence-corrected chi connectivity index (χ3v) is 3.62. The summed E-state index contributed by atoms with van der Waals surface area (Å²) in [6.45, 7) is 5.80. The van der Waals surface area contributed by atoms with Crippen LogP contribution in [0.2, 0.25) is 0 Å². The Bertz CT molecular complexity index is 774. The lowest BCUT2D eigenvalue weighted by Crippen LogP contribution is -2.17. The van der Waals surface area contributed by atoms with Crippen LogP contribution in [0.5, 0.6) is 11.5 Å². The molecular formula is C19H19F3O3. The molecule has 0 aliphatic carbocycles. The van der Waals surface area contributed by atoms with Gasteiger partial charge in [0.05, 0.1) is 18.2 Å². The summed E-state index contributed by atoms with van der Waals surface area (Å²) in [5.74, 6) is 0.0428. The van der Waals surface area contributed by atoms with Crippen LogP contribution >= 0.6 is 0 Å². The highest BCUT2D eigenvalue weighted by Crippen LogP contribution is 2.35. The predicted octanol–water partition coefficient (Wildman–Crippen LogP) is 5.23. The van der Waals surface area contributed by atoms with Gasteiger partial charge in [0, 0.05) is 5.56 Å². The van der Waals surface area contributed by atoms with E-state index in [1.165, 1.54) is 19.2 Å². The van der Waals surface area contributed by atoms with Crippen molar-refractivity contribution in [2.75, 3.05) is 7.11 Å². The fourth-order valence-electron chi connectivity index (χ4n) is 2.29. The zero-order valence-electron chi connectivity index (χ0n) is 14.4. The van der Waals surface area contributed by atoms with Crippen LogP contribution in [-0.2, 0) is 11.6 Å². The second-order valence-corrected chi connectivity index (χ2v) is 6.58. The minimum absolute atomic E-state index is 0.162. The molecule has 0 bridgehead atoms. The van der Waals surface area contributed by atoms with E-state index < -0.39 is 17.7 Å². The van der Waals surface area contributed by atoms with Crippen LogP contribution in [0, 0.1) is 0 Å². The van der Waals surface area contributed by atoms with Crippen molar-refractivity contribution < 1.29 is 27.4 Å². The van der Waals surface area contributed by atoms with Crippen molar-refractivity contribution in [3.8, 4) is 11.5 Å². The summed E-state index contributed by atoms with van der Waals surface area (Å²) in [5.41, 5.74) is -0.691. The van der Waals surface area contributed by atoms with E-state index in [4.69, 9.17) is 9.47 Å². The van der Waals surface area contributed by atoms with Crippen molar-refractivity contribution in [1.82, 2.24) is 0 Å². The quantitative estimate of drug-likeness (QED) is 0.560. The van der Waals surface area contributed by atoms with Crippen LogP contribution in [0.1, 0.15) is 42.3 Å². The molecular weight excluding hydrogens is 333 g/mol. The largest absolute Gasteiger partial charge is 0.497 e. The minimum atomic E-state index is -4.52. The lowest BCUT2D eigenvalue weighted by Gasteiger charge is -2.23. The zero-order valence-corrected chi connectivity index (χ0v) is 14.4. The SMILES string of the molecule is COc1ccc(OC(=O)c2cccc(C(F)(F)F)c2)c(C(C)(C)C)c1. The van der Waals surface area contributed by atoms with E-state index in [0.717, 1.165) is 12.1 Å². The standard InChI is InChI=1S/C19H19F3O3/c1-18(2,3)15-11-14(24-4)8-9-16(15)25-17(23)12-6-5-7-13(10-12)19(20,21)22/h5-11H,1-4H3. The number of carbonyl (C=O) groups excluding carboxylic acids is 1. The first-order chi connectivity index (χ1) is 11.5. The Morgan fingerprint density at radius 2 is 1.68 bits per heavy atom. The molecule has 2 aromatic carbocycles. The average Bonchev–Trinajstić information content (AvgIpc) is 2.53. The van der Waals surface area contributed by atoms with Gasteiger partial charge in [0.15, 0.2) is 0 Å². The van der Waals surface area contributed by atoms with Gasteiger partial charge < -0.3 is 9.47 Å². The van der Waals surface area contributed by atoms with Gasteiger partial charge in [-0.1, -0.05) is 26.8 Å². The van der Waals surface area contributed by atoms with Crippen molar-refractivity contribution in [3.05, 3.63) is 59.2 Å². The van der Waals surface area contributed by atoms with E-state index in [1.54, 1.807) is 18.2 Å². The lowest BCUT2D eigenvalue weighted by atomic mass is 9.86. The highest BCUT2D eigenvalue weighted by Gasteiger charge is 2.31. The third-order valence-electron chi connectivity index (χ3n) is 3.62. The van der Waals surface area contributed by atoms with E-state index in [9.17, 15) is 18.0 Å². The maximum absolute atomic E-state index is 12.8. The van der Waals surface area contributed by atoms with Crippen molar-refractivity contribution in [1.29, 1.82) is 0 Å². The van der Waals surface area contributed by atoms with Crippen LogP contribution in [0.15, 0.2) is 42.5 Å². The summed E-state index contributed by atoms with van der Waals surface area (Å²) in [6.07, 6.45) is -4.52. The number of esters is 1. The molecule has 0 amide bonds. The molecule has 0 saturated heterocycles. The molecule has 0 unspecified atom stereocenters. The van der Waals surface area contributed by atoms with E-state index >= 15 is 0 Å². The monoisotopic (exact) mass is 352 g/mol. The highest BCUT2D eigenvalue weighted by atomic mass is 19.4. The van der Waals surface area contributed by atoms with Crippen LogP contribution in [0.4, 0.5) is 13.2 Å². The lowest BCUT2D eigenvalue weighted by molar-refractivity contribution is -0.137. The Balaban J connectivity index is 2.35. The maximum atomic E-state index is 12.8. The molecule has 134 valence electrons. The number of halogens is 3. The fourth-order valence-corrected chi connectivity index (χ4v) is 2.29. The molecule has 0 N–H and O–H groups in total. The van der Waals surface area contributed by atoms with Crippen LogP contribution < -0.4 is 9.47 Å². The molecule has 2 aromatic rings. The Kier molecular flexibility index (Phi) is 5.11. The van der Waals surface area contributed by atoms with E-state index in [0.29, 0.717) is 11.3 Å². The van der Waals surface area contributed by atoms with Crippen LogP contribution in [0.25, 0.3) is 0 Å². The highest BCUT2D eigenvalue weighted by molar-refractivity contribution is 5.91. The Hall–Kier alpha value is -2.50. The predicted molar refractivity (Wildman–Crippen MR) is 88.1 cm³/mol. The van der Waals surface area contributed by atoms with E-state index in [1.807, 2.05) is 20.8 Å². The fraction of sp³-hybridized carbons (Fsp3) is 0.316. The number of alkyl halides is 3. The van der Waals surface area contributed by atoms with Gasteiger partial charge >= 0.3 is 12.1 Å². The molecule has 0 aliphatic heterocycles. The number of rotatable bonds is 3. The normalized spacial score (nSPS) is 12.0. The number of carbonyl (C=O) groups is 1. The molecule has 0 aromatic heterocycles.